The lowest BCUT2D eigenvalue weighted by molar-refractivity contribution is 0.495. The minimum Gasteiger partial charge on any atom is -0.460 e. The maximum Gasteiger partial charge on any atom is 0.135 e. The van der Waals surface area contributed by atoms with Crippen molar-refractivity contribution in [1.29, 1.82) is 0 Å². The molecule has 1 heterocycles. The number of hydrogen-bond acceptors (Lipinski definition) is 2. The average molecular weight is 427 g/mol. The van der Waals surface area contributed by atoms with Crippen LogP contribution >= 0.6 is 39.9 Å². The third-order valence-electron chi connectivity index (χ3n) is 3.59. The Morgan fingerprint density at radius 1 is 1.00 bits per heavy atom. The molecule has 2 aromatic carbocycles. The maximum atomic E-state index is 6.26. The maximum absolute atomic E-state index is 6.26. The van der Waals surface area contributed by atoms with E-state index in [1.54, 1.807) is 0 Å². The van der Waals surface area contributed by atoms with Gasteiger partial charge in [-0.05, 0) is 48.9 Å². The number of furan rings is 1. The van der Waals surface area contributed by atoms with Crippen LogP contribution in [0.1, 0.15) is 11.3 Å². The van der Waals surface area contributed by atoms with E-state index < -0.39 is 0 Å². The minimum absolute atomic E-state index is 0. The summed E-state index contributed by atoms with van der Waals surface area (Å²) in [6.07, 6.45) is 1.01. The highest BCUT2D eigenvalue weighted by atomic mass is 79.9. The van der Waals surface area contributed by atoms with Crippen LogP contribution in [0.2, 0.25) is 5.02 Å². The summed E-state index contributed by atoms with van der Waals surface area (Å²) in [4.78, 5) is 0. The molecule has 0 spiro atoms. The smallest absolute Gasteiger partial charge is 0.135 e. The summed E-state index contributed by atoms with van der Waals surface area (Å²) >= 11 is 9.67. The Labute approximate surface area is 161 Å². The fourth-order valence-electron chi connectivity index (χ4n) is 2.40. The Hall–Kier alpha value is -1.26. The molecule has 0 unspecified atom stereocenters. The second kappa shape index (κ2) is 9.28. The largest absolute Gasteiger partial charge is 0.460 e. The first-order valence-electron chi connectivity index (χ1n) is 7.51. The van der Waals surface area contributed by atoms with Gasteiger partial charge in [-0.3, -0.25) is 0 Å². The van der Waals surface area contributed by atoms with E-state index in [4.69, 9.17) is 16.0 Å². The van der Waals surface area contributed by atoms with Crippen molar-refractivity contribution in [2.24, 2.45) is 0 Å². The van der Waals surface area contributed by atoms with E-state index in [1.165, 1.54) is 5.56 Å². The highest BCUT2D eigenvalue weighted by Gasteiger charge is 2.09. The van der Waals surface area contributed by atoms with Gasteiger partial charge in [0.05, 0.1) is 11.6 Å². The first-order valence-corrected chi connectivity index (χ1v) is 8.68. The Morgan fingerprint density at radius 3 is 2.54 bits per heavy atom. The Morgan fingerprint density at radius 2 is 1.79 bits per heavy atom. The predicted molar refractivity (Wildman–Crippen MR) is 106 cm³/mol. The van der Waals surface area contributed by atoms with Crippen molar-refractivity contribution in [3.8, 4) is 11.3 Å². The van der Waals surface area contributed by atoms with Gasteiger partial charge >= 0.3 is 0 Å². The fourth-order valence-corrected chi connectivity index (χ4v) is 3.16. The van der Waals surface area contributed by atoms with E-state index in [0.29, 0.717) is 11.6 Å². The van der Waals surface area contributed by atoms with Crippen LogP contribution in [0.25, 0.3) is 11.3 Å². The van der Waals surface area contributed by atoms with Crippen LogP contribution in [0.4, 0.5) is 0 Å². The molecule has 126 valence electrons. The van der Waals surface area contributed by atoms with E-state index >= 15 is 0 Å². The normalized spacial score (nSPS) is 10.4. The number of hydrogen-bond donors (Lipinski definition) is 1. The van der Waals surface area contributed by atoms with Crippen LogP contribution < -0.4 is 5.32 Å². The second-order valence-electron chi connectivity index (χ2n) is 5.30. The van der Waals surface area contributed by atoms with Crippen molar-refractivity contribution in [3.05, 3.63) is 81.5 Å². The zero-order valence-electron chi connectivity index (χ0n) is 13.0. The minimum atomic E-state index is 0. The summed E-state index contributed by atoms with van der Waals surface area (Å²) in [6.45, 7) is 1.63. The summed E-state index contributed by atoms with van der Waals surface area (Å²) in [5, 5.41) is 4.08. The Kier molecular flexibility index (Phi) is 7.38. The van der Waals surface area contributed by atoms with Gasteiger partial charge in [-0.25, -0.2) is 0 Å². The number of halogens is 3. The highest BCUT2D eigenvalue weighted by Crippen LogP contribution is 2.31. The lowest BCUT2D eigenvalue weighted by atomic mass is 10.1. The molecule has 0 radical (unpaired) electrons. The summed E-state index contributed by atoms with van der Waals surface area (Å²) in [7, 11) is 0. The van der Waals surface area contributed by atoms with Crippen molar-refractivity contribution in [2.45, 2.75) is 13.0 Å². The van der Waals surface area contributed by atoms with Crippen molar-refractivity contribution < 1.29 is 4.42 Å². The first-order chi connectivity index (χ1) is 11.2. The third-order valence-corrected chi connectivity index (χ3v) is 4.40. The topological polar surface area (TPSA) is 25.2 Å². The number of nitrogens with one attached hydrogen (secondary N) is 1. The molecule has 1 aromatic heterocycles. The van der Waals surface area contributed by atoms with E-state index in [9.17, 15) is 0 Å². The fraction of sp³-hybridized carbons (Fsp3) is 0.158. The molecule has 0 fully saturated rings. The highest BCUT2D eigenvalue weighted by molar-refractivity contribution is 9.10. The van der Waals surface area contributed by atoms with E-state index in [0.717, 1.165) is 34.5 Å². The van der Waals surface area contributed by atoms with Gasteiger partial charge in [0.15, 0.2) is 0 Å². The number of benzene rings is 2. The number of rotatable bonds is 6. The lowest BCUT2D eigenvalue weighted by Gasteiger charge is -2.04. The van der Waals surface area contributed by atoms with E-state index in [-0.39, 0.29) is 12.4 Å². The van der Waals surface area contributed by atoms with Crippen LogP contribution in [-0.2, 0) is 13.0 Å². The summed E-state index contributed by atoms with van der Waals surface area (Å²) in [5.74, 6) is 1.70. The first kappa shape index (κ1) is 19.1. The zero-order chi connectivity index (χ0) is 16.1. The molecule has 0 aliphatic heterocycles. The lowest BCUT2D eigenvalue weighted by Crippen LogP contribution is -2.16. The monoisotopic (exact) mass is 425 g/mol. The molecule has 0 saturated heterocycles. The molecule has 3 aromatic rings. The quantitative estimate of drug-likeness (QED) is 0.480. The van der Waals surface area contributed by atoms with Gasteiger partial charge in [-0.1, -0.05) is 57.9 Å². The second-order valence-corrected chi connectivity index (χ2v) is 6.63. The van der Waals surface area contributed by atoms with Gasteiger partial charge in [0.2, 0.25) is 0 Å². The molecule has 2 nitrogen and oxygen atoms in total. The van der Waals surface area contributed by atoms with Gasteiger partial charge in [0.25, 0.3) is 0 Å². The van der Waals surface area contributed by atoms with Gasteiger partial charge in [0, 0.05) is 10.0 Å². The molecule has 24 heavy (non-hydrogen) atoms. The Balaban J connectivity index is 0.00000208. The molecule has 5 heteroatoms. The summed E-state index contributed by atoms with van der Waals surface area (Å²) in [5.41, 5.74) is 2.24. The van der Waals surface area contributed by atoms with Crippen LogP contribution in [0.15, 0.2) is 69.6 Å². The van der Waals surface area contributed by atoms with Gasteiger partial charge in [-0.2, -0.15) is 0 Å². The molecule has 0 bridgehead atoms. The van der Waals surface area contributed by atoms with Crippen molar-refractivity contribution in [1.82, 2.24) is 5.32 Å². The molecule has 0 aliphatic rings. The van der Waals surface area contributed by atoms with Crippen molar-refractivity contribution in [2.75, 3.05) is 6.54 Å². The Bertz CT molecular complexity index is 774. The zero-order valence-corrected chi connectivity index (χ0v) is 16.1. The summed E-state index contributed by atoms with van der Waals surface area (Å²) < 4.78 is 6.84. The molecule has 0 aliphatic carbocycles. The van der Waals surface area contributed by atoms with Gasteiger partial charge in [0.1, 0.15) is 11.5 Å². The molecular formula is C19H18BrCl2NO. The van der Waals surface area contributed by atoms with Crippen molar-refractivity contribution in [3.63, 3.8) is 0 Å². The van der Waals surface area contributed by atoms with Crippen LogP contribution in [-0.4, -0.2) is 6.54 Å². The summed E-state index contributed by atoms with van der Waals surface area (Å²) in [6, 6.07) is 20.2. The van der Waals surface area contributed by atoms with E-state index in [1.807, 2.05) is 36.4 Å². The van der Waals surface area contributed by atoms with Crippen LogP contribution in [0.3, 0.4) is 0 Å². The average Bonchev–Trinajstić information content (AvgIpc) is 3.01. The molecular weight excluding hydrogens is 409 g/mol. The molecule has 3 rings (SSSR count). The van der Waals surface area contributed by atoms with Crippen LogP contribution in [0.5, 0.6) is 0 Å². The molecule has 0 saturated carbocycles. The third kappa shape index (κ3) is 5.12. The van der Waals surface area contributed by atoms with Crippen molar-refractivity contribution >= 4 is 39.9 Å². The van der Waals surface area contributed by atoms with Crippen LogP contribution in [0, 0.1) is 0 Å². The molecule has 1 N–H and O–H groups in total. The predicted octanol–water partition coefficient (Wildman–Crippen LogP) is 6.12. The van der Waals surface area contributed by atoms with Gasteiger partial charge in [-0.15, -0.1) is 12.4 Å². The molecule has 0 atom stereocenters. The van der Waals surface area contributed by atoms with Gasteiger partial charge < -0.3 is 9.73 Å². The molecule has 0 amide bonds. The van der Waals surface area contributed by atoms with E-state index in [2.05, 4.69) is 45.5 Å². The SMILES string of the molecule is Cl.Clc1cc(Br)ccc1-c1ccc(CNCCc2ccccc2)o1. The standard InChI is InChI=1S/C19H17BrClNO.ClH/c20-15-6-8-17(18(21)12-15)19-9-7-16(23-19)13-22-11-10-14-4-2-1-3-5-14;/h1-9,12,22H,10-11,13H2;1H.